The SMILES string of the molecule is CC(c1ccc(Cl)cc1Cl)n1nc(C#N)c2ncc(N3CC([C@@H]4CCCN(Cc5ncc[nH]5)C4)C3)nc21. The first-order valence-electron chi connectivity index (χ1n) is 12.6. The Balaban J connectivity index is 1.19. The summed E-state index contributed by atoms with van der Waals surface area (Å²) in [6.45, 7) is 6.99. The monoisotopic (exact) mass is 535 g/mol. The van der Waals surface area contributed by atoms with Crippen LogP contribution in [0.1, 0.15) is 42.9 Å². The van der Waals surface area contributed by atoms with Crippen molar-refractivity contribution >= 4 is 40.2 Å². The van der Waals surface area contributed by atoms with Crippen LogP contribution in [-0.4, -0.2) is 60.8 Å². The molecule has 1 N–H and O–H groups in total. The fraction of sp³-hybridized carbons (Fsp3) is 0.423. The minimum atomic E-state index is -0.245. The highest BCUT2D eigenvalue weighted by Crippen LogP contribution is 2.35. The van der Waals surface area contributed by atoms with Crippen molar-refractivity contribution in [1.29, 1.82) is 5.26 Å². The van der Waals surface area contributed by atoms with Crippen molar-refractivity contribution in [2.45, 2.75) is 32.4 Å². The number of imidazole rings is 1. The number of nitrogens with zero attached hydrogens (tertiary/aromatic N) is 8. The maximum atomic E-state index is 9.65. The molecule has 2 saturated heterocycles. The molecule has 3 aromatic heterocycles. The number of piperidine rings is 1. The summed E-state index contributed by atoms with van der Waals surface area (Å²) in [5.74, 6) is 3.14. The lowest BCUT2D eigenvalue weighted by molar-refractivity contribution is 0.112. The van der Waals surface area contributed by atoms with E-state index < -0.39 is 0 Å². The molecule has 0 aliphatic carbocycles. The van der Waals surface area contributed by atoms with Gasteiger partial charge in [-0.3, -0.25) is 4.90 Å². The Labute approximate surface area is 225 Å². The number of aromatic nitrogens is 6. The second kappa shape index (κ2) is 9.93. The van der Waals surface area contributed by atoms with E-state index in [2.05, 4.69) is 35.9 Å². The molecule has 11 heteroatoms. The Morgan fingerprint density at radius 2 is 2.05 bits per heavy atom. The van der Waals surface area contributed by atoms with Gasteiger partial charge >= 0.3 is 0 Å². The quantitative estimate of drug-likeness (QED) is 0.382. The van der Waals surface area contributed by atoms with Gasteiger partial charge in [0, 0.05) is 42.1 Å². The maximum absolute atomic E-state index is 9.65. The van der Waals surface area contributed by atoms with Gasteiger partial charge in [-0.1, -0.05) is 29.3 Å². The van der Waals surface area contributed by atoms with Crippen LogP contribution < -0.4 is 4.90 Å². The van der Waals surface area contributed by atoms with Gasteiger partial charge in [-0.25, -0.2) is 19.6 Å². The second-order valence-corrected chi connectivity index (χ2v) is 10.8. The van der Waals surface area contributed by atoms with E-state index in [0.717, 1.165) is 49.9 Å². The molecule has 1 aromatic carbocycles. The third-order valence-electron chi connectivity index (χ3n) is 7.65. The standard InChI is InChI=1S/C26H27Cl2N9/c1-16(20-5-4-19(27)9-21(20)28)37-26-25(22(10-29)34-37)32-11-24(33-26)36-13-18(14-36)17-3-2-8-35(12-17)15-23-30-6-7-31-23/h4-7,9,11,16-18H,2-3,8,12-15H2,1H3,(H,30,31)/t16?,17-/m1/s1. The topological polar surface area (TPSA) is 103 Å². The zero-order chi connectivity index (χ0) is 25.5. The maximum Gasteiger partial charge on any atom is 0.190 e. The smallest absolute Gasteiger partial charge is 0.190 e. The van der Waals surface area contributed by atoms with Crippen LogP contribution in [0.25, 0.3) is 11.2 Å². The van der Waals surface area contributed by atoms with Gasteiger partial charge < -0.3 is 9.88 Å². The molecule has 2 aliphatic rings. The van der Waals surface area contributed by atoms with Crippen LogP contribution in [0.2, 0.25) is 10.0 Å². The number of hydrogen-bond acceptors (Lipinski definition) is 7. The number of fused-ring (bicyclic) bond motifs is 1. The molecule has 6 rings (SSSR count). The average molecular weight is 536 g/mol. The van der Waals surface area contributed by atoms with Crippen molar-refractivity contribution in [3.63, 3.8) is 0 Å². The third-order valence-corrected chi connectivity index (χ3v) is 8.21. The van der Waals surface area contributed by atoms with Crippen LogP contribution in [0.4, 0.5) is 5.82 Å². The summed E-state index contributed by atoms with van der Waals surface area (Å²) in [6, 6.07) is 7.30. The van der Waals surface area contributed by atoms with E-state index in [1.54, 1.807) is 23.0 Å². The number of benzene rings is 1. The Kier molecular flexibility index (Phi) is 6.49. The van der Waals surface area contributed by atoms with Gasteiger partial charge in [0.25, 0.3) is 0 Å². The normalized spacial score (nSPS) is 19.6. The van der Waals surface area contributed by atoms with E-state index in [1.807, 2.05) is 25.4 Å². The summed E-state index contributed by atoms with van der Waals surface area (Å²) in [6.07, 6.45) is 7.93. The van der Waals surface area contributed by atoms with E-state index in [1.165, 1.54) is 12.8 Å². The van der Waals surface area contributed by atoms with E-state index in [-0.39, 0.29) is 11.7 Å². The Morgan fingerprint density at radius 3 is 2.81 bits per heavy atom. The molecule has 2 aliphatic heterocycles. The molecule has 0 saturated carbocycles. The highest BCUT2D eigenvalue weighted by atomic mass is 35.5. The van der Waals surface area contributed by atoms with Gasteiger partial charge in [-0.15, -0.1) is 0 Å². The first-order valence-corrected chi connectivity index (χ1v) is 13.3. The summed E-state index contributed by atoms with van der Waals surface area (Å²) in [5, 5.41) is 15.3. The van der Waals surface area contributed by atoms with Crippen LogP contribution in [-0.2, 0) is 6.54 Å². The predicted molar refractivity (Wildman–Crippen MR) is 143 cm³/mol. The number of rotatable bonds is 6. The number of aromatic amines is 1. The summed E-state index contributed by atoms with van der Waals surface area (Å²) in [4.78, 5) is 21.9. The molecule has 190 valence electrons. The number of likely N-dealkylation sites (tertiary alicyclic amines) is 1. The number of H-pyrrole nitrogens is 1. The van der Waals surface area contributed by atoms with Crippen LogP contribution in [0.15, 0.2) is 36.8 Å². The van der Waals surface area contributed by atoms with Crippen LogP contribution in [0.5, 0.6) is 0 Å². The minimum Gasteiger partial charge on any atom is -0.355 e. The molecule has 0 amide bonds. The molecule has 2 fully saturated rings. The predicted octanol–water partition coefficient (Wildman–Crippen LogP) is 4.69. The summed E-state index contributed by atoms with van der Waals surface area (Å²) < 4.78 is 1.74. The molecule has 9 nitrogen and oxygen atoms in total. The van der Waals surface area contributed by atoms with E-state index in [4.69, 9.17) is 28.2 Å². The molecule has 0 spiro atoms. The van der Waals surface area contributed by atoms with Gasteiger partial charge in [0.05, 0.1) is 18.8 Å². The fourth-order valence-electron chi connectivity index (χ4n) is 5.58. The molecule has 4 aromatic rings. The highest BCUT2D eigenvalue weighted by molar-refractivity contribution is 6.35. The number of anilines is 1. The molecular formula is C26H27Cl2N9. The molecule has 2 atom stereocenters. The van der Waals surface area contributed by atoms with Gasteiger partial charge in [0.1, 0.15) is 23.2 Å². The zero-order valence-corrected chi connectivity index (χ0v) is 22.0. The van der Waals surface area contributed by atoms with Crippen LogP contribution >= 0.6 is 23.2 Å². The van der Waals surface area contributed by atoms with Crippen molar-refractivity contribution in [1.82, 2.24) is 34.6 Å². The second-order valence-electron chi connectivity index (χ2n) is 9.99. The third kappa shape index (κ3) is 4.65. The van der Waals surface area contributed by atoms with Gasteiger partial charge in [0.2, 0.25) is 0 Å². The molecule has 1 unspecified atom stereocenters. The fourth-order valence-corrected chi connectivity index (χ4v) is 6.15. The zero-order valence-electron chi connectivity index (χ0n) is 20.5. The molecule has 37 heavy (non-hydrogen) atoms. The van der Waals surface area contributed by atoms with Gasteiger partial charge in [-0.2, -0.15) is 10.4 Å². The summed E-state index contributed by atoms with van der Waals surface area (Å²) in [5.41, 5.74) is 2.19. The average Bonchev–Trinajstić information content (AvgIpc) is 3.50. The van der Waals surface area contributed by atoms with Gasteiger partial charge in [-0.05, 0) is 55.8 Å². The summed E-state index contributed by atoms with van der Waals surface area (Å²) in [7, 11) is 0. The lowest BCUT2D eigenvalue weighted by atomic mass is 9.80. The van der Waals surface area contributed by atoms with Crippen molar-refractivity contribution in [2.75, 3.05) is 31.1 Å². The Hall–Kier alpha value is -3.19. The van der Waals surface area contributed by atoms with E-state index >= 15 is 0 Å². The molecule has 0 bridgehead atoms. The molecular weight excluding hydrogens is 509 g/mol. The van der Waals surface area contributed by atoms with Crippen LogP contribution in [0, 0.1) is 23.2 Å². The van der Waals surface area contributed by atoms with Crippen molar-refractivity contribution < 1.29 is 0 Å². The summed E-state index contributed by atoms with van der Waals surface area (Å²) >= 11 is 12.6. The largest absolute Gasteiger partial charge is 0.355 e. The molecule has 0 radical (unpaired) electrons. The lowest BCUT2D eigenvalue weighted by Crippen LogP contribution is -2.53. The minimum absolute atomic E-state index is 0.245. The van der Waals surface area contributed by atoms with Crippen molar-refractivity contribution in [3.8, 4) is 6.07 Å². The Bertz CT molecular complexity index is 1450. The van der Waals surface area contributed by atoms with E-state index in [0.29, 0.717) is 33.0 Å². The highest BCUT2D eigenvalue weighted by Gasteiger charge is 2.37. The number of hydrogen-bond donors (Lipinski definition) is 1. The number of nitriles is 1. The van der Waals surface area contributed by atoms with E-state index in [9.17, 15) is 5.26 Å². The number of nitrogens with one attached hydrogen (secondary N) is 1. The molecule has 5 heterocycles. The first kappa shape index (κ1) is 24.2. The first-order chi connectivity index (χ1) is 18.0. The number of halogens is 2. The van der Waals surface area contributed by atoms with Gasteiger partial charge in [0.15, 0.2) is 11.3 Å². The lowest BCUT2D eigenvalue weighted by Gasteiger charge is -2.47. The van der Waals surface area contributed by atoms with Crippen LogP contribution in [0.3, 0.4) is 0 Å². The Morgan fingerprint density at radius 1 is 1.19 bits per heavy atom. The van der Waals surface area contributed by atoms with Crippen molar-refractivity contribution in [3.05, 3.63) is 63.9 Å². The van der Waals surface area contributed by atoms with Crippen molar-refractivity contribution in [2.24, 2.45) is 11.8 Å².